The molecule has 5 rings (SSSR count). The number of anilines is 1. The van der Waals surface area contributed by atoms with Gasteiger partial charge >= 0.3 is 0 Å². The smallest absolute Gasteiger partial charge is 0.228 e. The van der Waals surface area contributed by atoms with Crippen LogP contribution in [0.1, 0.15) is 71.3 Å². The van der Waals surface area contributed by atoms with E-state index < -0.39 is 0 Å². The molecule has 6 heteroatoms. The second-order valence-electron chi connectivity index (χ2n) is 11.6. The van der Waals surface area contributed by atoms with Crippen molar-refractivity contribution in [1.82, 2.24) is 4.90 Å². The van der Waals surface area contributed by atoms with Crippen molar-refractivity contribution >= 4 is 29.1 Å². The van der Waals surface area contributed by atoms with Crippen LogP contribution in [0.3, 0.4) is 0 Å². The highest BCUT2D eigenvalue weighted by Gasteiger charge is 2.61. The molecule has 0 radical (unpaired) electrons. The van der Waals surface area contributed by atoms with Crippen LogP contribution in [0.4, 0.5) is 5.69 Å². The minimum absolute atomic E-state index is 0.0217. The lowest BCUT2D eigenvalue weighted by atomic mass is 9.48. The summed E-state index contributed by atoms with van der Waals surface area (Å²) >= 11 is 6.19. The monoisotopic (exact) mass is 479 g/mol. The summed E-state index contributed by atoms with van der Waals surface area (Å²) in [5, 5.41) is 12.6. The van der Waals surface area contributed by atoms with Gasteiger partial charge in [-0.1, -0.05) is 31.0 Å². The molecule has 1 heterocycles. The Kier molecular flexibility index (Phi) is 5.60. The SMILES string of the molecule is CC1=C2N(C)C(=O)CC[C@]2(C)[C@H]2CC[C@]3(C)[C@@H](C(=O)Nc4ccc(C#N)c(Cl)c4)CC[C@H]3[C@@H]2C1. The van der Waals surface area contributed by atoms with E-state index in [1.807, 2.05) is 11.9 Å². The van der Waals surface area contributed by atoms with Crippen molar-refractivity contribution in [2.24, 2.45) is 34.5 Å². The van der Waals surface area contributed by atoms with Gasteiger partial charge in [0.2, 0.25) is 11.8 Å². The molecule has 4 aliphatic rings. The molecule has 6 atom stereocenters. The molecular weight excluding hydrogens is 446 g/mol. The first-order chi connectivity index (χ1) is 16.1. The first kappa shape index (κ1) is 23.4. The third kappa shape index (κ3) is 3.33. The normalized spacial score (nSPS) is 36.9. The lowest BCUT2D eigenvalue weighted by Gasteiger charge is -2.59. The van der Waals surface area contributed by atoms with E-state index in [1.54, 1.807) is 18.2 Å². The first-order valence-corrected chi connectivity index (χ1v) is 12.9. The number of hydrogen-bond acceptors (Lipinski definition) is 3. The average molecular weight is 480 g/mol. The van der Waals surface area contributed by atoms with Crippen LogP contribution < -0.4 is 5.32 Å². The van der Waals surface area contributed by atoms with Crippen molar-refractivity contribution in [1.29, 1.82) is 5.26 Å². The van der Waals surface area contributed by atoms with Gasteiger partial charge in [0, 0.05) is 36.2 Å². The molecule has 1 saturated heterocycles. The summed E-state index contributed by atoms with van der Waals surface area (Å²) in [6.45, 7) is 6.95. The number of nitriles is 1. The zero-order chi connectivity index (χ0) is 24.4. The Bertz CT molecular complexity index is 1140. The number of nitrogens with zero attached hydrogens (tertiary/aromatic N) is 2. The van der Waals surface area contributed by atoms with Gasteiger partial charge in [-0.3, -0.25) is 9.59 Å². The van der Waals surface area contributed by atoms with Gasteiger partial charge in [-0.15, -0.1) is 0 Å². The molecule has 1 aromatic rings. The number of nitrogens with one attached hydrogen (secondary N) is 1. The number of piperidine rings is 1. The Morgan fingerprint density at radius 1 is 1.21 bits per heavy atom. The van der Waals surface area contributed by atoms with Gasteiger partial charge in [-0.2, -0.15) is 5.26 Å². The van der Waals surface area contributed by atoms with Gasteiger partial charge in [-0.25, -0.2) is 0 Å². The van der Waals surface area contributed by atoms with Gasteiger partial charge in [-0.05, 0) is 86.8 Å². The maximum atomic E-state index is 13.5. The summed E-state index contributed by atoms with van der Waals surface area (Å²) < 4.78 is 0. The molecule has 0 bridgehead atoms. The van der Waals surface area contributed by atoms with Gasteiger partial charge in [0.25, 0.3) is 0 Å². The number of allylic oxidation sites excluding steroid dienone is 2. The molecule has 180 valence electrons. The van der Waals surface area contributed by atoms with E-state index in [-0.39, 0.29) is 28.6 Å². The lowest BCUT2D eigenvalue weighted by Crippen LogP contribution is -2.54. The zero-order valence-corrected chi connectivity index (χ0v) is 21.3. The summed E-state index contributed by atoms with van der Waals surface area (Å²) in [6, 6.07) is 7.14. The lowest BCUT2D eigenvalue weighted by molar-refractivity contribution is -0.137. The average Bonchev–Trinajstić information content (AvgIpc) is 3.14. The number of carbonyl (C=O) groups is 2. The third-order valence-corrected chi connectivity index (χ3v) is 10.3. The molecule has 3 aliphatic carbocycles. The number of amides is 2. The standard InChI is InChI=1S/C28H34ClN3O2/c1-16-13-19-20-7-8-22(26(34)31-18-6-5-17(15-30)23(29)14-18)27(20,2)11-9-21(19)28(3)12-10-24(33)32(4)25(16)28/h5-6,14,19-22H,7-13H2,1-4H3,(H,31,34)/t19-,20-,21-,22+,27-,28+/m0/s1. The van der Waals surface area contributed by atoms with E-state index in [0.717, 1.165) is 38.5 Å². The van der Waals surface area contributed by atoms with Crippen LogP contribution >= 0.6 is 11.6 Å². The van der Waals surface area contributed by atoms with Crippen molar-refractivity contribution in [2.45, 2.75) is 65.7 Å². The quantitative estimate of drug-likeness (QED) is 0.553. The van der Waals surface area contributed by atoms with Crippen molar-refractivity contribution in [3.05, 3.63) is 40.1 Å². The van der Waals surface area contributed by atoms with Crippen molar-refractivity contribution in [2.75, 3.05) is 12.4 Å². The molecule has 2 saturated carbocycles. The molecule has 1 N–H and O–H groups in total. The molecule has 1 aliphatic heterocycles. The highest BCUT2D eigenvalue weighted by molar-refractivity contribution is 6.32. The first-order valence-electron chi connectivity index (χ1n) is 12.6. The molecule has 0 aromatic heterocycles. The summed E-state index contributed by atoms with van der Waals surface area (Å²) in [4.78, 5) is 27.9. The number of rotatable bonds is 2. The van der Waals surface area contributed by atoms with E-state index >= 15 is 0 Å². The van der Waals surface area contributed by atoms with Crippen LogP contribution in [0.15, 0.2) is 29.5 Å². The van der Waals surface area contributed by atoms with Crippen LogP contribution in [-0.4, -0.2) is 23.8 Å². The molecule has 1 aromatic carbocycles. The van der Waals surface area contributed by atoms with Crippen LogP contribution in [0.2, 0.25) is 5.02 Å². The van der Waals surface area contributed by atoms with E-state index in [9.17, 15) is 9.59 Å². The van der Waals surface area contributed by atoms with Crippen molar-refractivity contribution in [3.63, 3.8) is 0 Å². The third-order valence-electron chi connectivity index (χ3n) is 9.98. The topological polar surface area (TPSA) is 73.2 Å². The van der Waals surface area contributed by atoms with Crippen LogP contribution in [0.25, 0.3) is 0 Å². The van der Waals surface area contributed by atoms with Crippen LogP contribution in [-0.2, 0) is 9.59 Å². The highest BCUT2D eigenvalue weighted by Crippen LogP contribution is 2.66. The number of halogens is 1. The number of hydrogen-bond donors (Lipinski definition) is 1. The molecular formula is C28H34ClN3O2. The van der Waals surface area contributed by atoms with Gasteiger partial charge in [0.1, 0.15) is 6.07 Å². The van der Waals surface area contributed by atoms with Crippen molar-refractivity contribution < 1.29 is 9.59 Å². The van der Waals surface area contributed by atoms with Crippen molar-refractivity contribution in [3.8, 4) is 6.07 Å². The predicted molar refractivity (Wildman–Crippen MR) is 133 cm³/mol. The van der Waals surface area contributed by atoms with E-state index in [0.29, 0.717) is 40.4 Å². The Labute approximate surface area is 207 Å². The number of carbonyl (C=O) groups excluding carboxylic acids is 2. The molecule has 0 unspecified atom stereocenters. The highest BCUT2D eigenvalue weighted by atomic mass is 35.5. The van der Waals surface area contributed by atoms with E-state index in [4.69, 9.17) is 16.9 Å². The number of fused-ring (bicyclic) bond motifs is 5. The summed E-state index contributed by atoms with van der Waals surface area (Å²) in [7, 11) is 1.96. The Hall–Kier alpha value is -2.32. The Morgan fingerprint density at radius 2 is 1.97 bits per heavy atom. The van der Waals surface area contributed by atoms with Gasteiger partial charge in [0.15, 0.2) is 0 Å². The maximum Gasteiger partial charge on any atom is 0.228 e. The van der Waals surface area contributed by atoms with E-state index in [2.05, 4.69) is 32.2 Å². The molecule has 2 amide bonds. The van der Waals surface area contributed by atoms with Gasteiger partial charge < -0.3 is 10.2 Å². The van der Waals surface area contributed by atoms with E-state index in [1.165, 1.54) is 11.3 Å². The molecule has 0 spiro atoms. The second kappa shape index (κ2) is 8.12. The minimum Gasteiger partial charge on any atom is -0.326 e. The maximum absolute atomic E-state index is 13.5. The Balaban J connectivity index is 1.40. The predicted octanol–water partition coefficient (Wildman–Crippen LogP) is 6.15. The van der Waals surface area contributed by atoms with Crippen LogP contribution in [0.5, 0.6) is 0 Å². The Morgan fingerprint density at radius 3 is 2.68 bits per heavy atom. The summed E-state index contributed by atoms with van der Waals surface area (Å²) in [5.41, 5.74) is 3.73. The fourth-order valence-electron chi connectivity index (χ4n) is 8.45. The minimum atomic E-state index is -0.0260. The summed E-state index contributed by atoms with van der Waals surface area (Å²) in [6.07, 6.45) is 6.75. The zero-order valence-electron chi connectivity index (χ0n) is 20.6. The fraction of sp³-hybridized carbons (Fsp3) is 0.607. The van der Waals surface area contributed by atoms with Gasteiger partial charge in [0.05, 0.1) is 10.6 Å². The molecule has 3 fully saturated rings. The van der Waals surface area contributed by atoms with Crippen LogP contribution in [0, 0.1) is 45.8 Å². The number of likely N-dealkylation sites (tertiary alicyclic amines) is 1. The fourth-order valence-corrected chi connectivity index (χ4v) is 8.68. The largest absolute Gasteiger partial charge is 0.326 e. The second-order valence-corrected chi connectivity index (χ2v) is 12.0. The molecule has 34 heavy (non-hydrogen) atoms. The molecule has 5 nitrogen and oxygen atoms in total. The summed E-state index contributed by atoms with van der Waals surface area (Å²) in [5.74, 6) is 1.94. The number of benzene rings is 1.